The molecule has 2 aliphatic rings. The van der Waals surface area contributed by atoms with Crippen molar-refractivity contribution in [2.24, 2.45) is 0 Å². The average molecular weight is 402 g/mol. The van der Waals surface area contributed by atoms with Crippen LogP contribution in [0.4, 0.5) is 10.5 Å². The van der Waals surface area contributed by atoms with Crippen LogP contribution in [-0.4, -0.2) is 65.8 Å². The smallest absolute Gasteiger partial charge is 0.325 e. The van der Waals surface area contributed by atoms with E-state index in [2.05, 4.69) is 10.6 Å². The summed E-state index contributed by atoms with van der Waals surface area (Å²) in [7, 11) is 1.55. The van der Waals surface area contributed by atoms with Crippen LogP contribution in [0, 0.1) is 0 Å². The van der Waals surface area contributed by atoms with Crippen LogP contribution in [0.2, 0.25) is 0 Å². The first-order valence-electron chi connectivity index (χ1n) is 9.74. The number of benzene rings is 1. The van der Waals surface area contributed by atoms with E-state index in [9.17, 15) is 19.2 Å². The van der Waals surface area contributed by atoms with Gasteiger partial charge < -0.3 is 20.3 Å². The van der Waals surface area contributed by atoms with Crippen molar-refractivity contribution in [3.05, 3.63) is 24.3 Å². The number of carbonyl (C=O) groups excluding carboxylic acids is 4. The predicted molar refractivity (Wildman–Crippen MR) is 105 cm³/mol. The molecular weight excluding hydrogens is 376 g/mol. The molecule has 1 aromatic rings. The fourth-order valence-corrected chi connectivity index (χ4v) is 3.80. The Balaban J connectivity index is 1.57. The molecule has 0 atom stereocenters. The molecule has 1 aromatic carbocycles. The molecule has 2 N–H and O–H groups in total. The lowest BCUT2D eigenvalue weighted by atomic mass is 9.98. The summed E-state index contributed by atoms with van der Waals surface area (Å²) in [4.78, 5) is 52.2. The summed E-state index contributed by atoms with van der Waals surface area (Å²) in [5.74, 6) is -0.486. The van der Waals surface area contributed by atoms with Crippen molar-refractivity contribution in [3.8, 4) is 5.75 Å². The number of nitrogens with zero attached hydrogens (tertiary/aromatic N) is 2. The Labute approximate surface area is 169 Å². The highest BCUT2D eigenvalue weighted by Gasteiger charge is 2.52. The van der Waals surface area contributed by atoms with Gasteiger partial charge in [-0.1, -0.05) is 12.8 Å². The van der Waals surface area contributed by atoms with Crippen molar-refractivity contribution in [2.75, 3.05) is 32.1 Å². The van der Waals surface area contributed by atoms with E-state index in [1.54, 1.807) is 38.3 Å². The lowest BCUT2D eigenvalue weighted by Gasteiger charge is -2.23. The third-order valence-corrected chi connectivity index (χ3v) is 5.44. The first-order chi connectivity index (χ1) is 13.9. The Hall–Kier alpha value is -3.10. The van der Waals surface area contributed by atoms with Crippen molar-refractivity contribution < 1.29 is 23.9 Å². The molecule has 0 bridgehead atoms. The minimum absolute atomic E-state index is 0.170. The number of nitrogens with one attached hydrogen (secondary N) is 2. The van der Waals surface area contributed by atoms with Crippen LogP contribution < -0.4 is 15.4 Å². The Bertz CT molecular complexity index is 802. The molecule has 1 aliphatic carbocycles. The number of methoxy groups -OCH3 is 1. The molecule has 0 aromatic heterocycles. The van der Waals surface area contributed by atoms with Crippen molar-refractivity contribution in [2.45, 2.75) is 38.1 Å². The Kier molecular flexibility index (Phi) is 6.05. The Morgan fingerprint density at radius 2 is 1.86 bits per heavy atom. The monoisotopic (exact) mass is 402 g/mol. The summed E-state index contributed by atoms with van der Waals surface area (Å²) in [6.45, 7) is 1.48. The van der Waals surface area contributed by atoms with E-state index in [1.807, 2.05) is 0 Å². The summed E-state index contributed by atoms with van der Waals surface area (Å²) in [6, 6.07) is 6.29. The third kappa shape index (κ3) is 4.33. The van der Waals surface area contributed by atoms with Crippen molar-refractivity contribution in [1.29, 1.82) is 0 Å². The zero-order valence-corrected chi connectivity index (χ0v) is 16.7. The van der Waals surface area contributed by atoms with Gasteiger partial charge >= 0.3 is 6.03 Å². The number of carbonyl (C=O) groups is 4. The molecule has 29 heavy (non-hydrogen) atoms. The van der Waals surface area contributed by atoms with Crippen LogP contribution in [0.15, 0.2) is 24.3 Å². The minimum atomic E-state index is -0.847. The maximum absolute atomic E-state index is 12.7. The van der Waals surface area contributed by atoms with Gasteiger partial charge in [0.05, 0.1) is 13.7 Å². The number of anilines is 1. The molecule has 0 radical (unpaired) electrons. The quantitative estimate of drug-likeness (QED) is 0.670. The average Bonchev–Trinajstić information content (AvgIpc) is 3.27. The van der Waals surface area contributed by atoms with E-state index in [0.717, 1.165) is 17.7 Å². The second-order valence-electron chi connectivity index (χ2n) is 7.30. The summed E-state index contributed by atoms with van der Waals surface area (Å²) in [5.41, 5.74) is -0.267. The highest BCUT2D eigenvalue weighted by atomic mass is 16.5. The van der Waals surface area contributed by atoms with Crippen molar-refractivity contribution >= 4 is 29.4 Å². The highest BCUT2D eigenvalue weighted by molar-refractivity contribution is 6.09. The molecule has 5 amide bonds. The normalized spacial score (nSPS) is 17.4. The van der Waals surface area contributed by atoms with Crippen molar-refractivity contribution in [3.63, 3.8) is 0 Å². The number of likely N-dealkylation sites (N-methyl/N-ethyl adjacent to an activating group) is 1. The number of rotatable bonds is 7. The summed E-state index contributed by atoms with van der Waals surface area (Å²) < 4.78 is 5.07. The van der Waals surface area contributed by atoms with Gasteiger partial charge in [0, 0.05) is 12.2 Å². The van der Waals surface area contributed by atoms with Gasteiger partial charge in [-0.3, -0.25) is 19.3 Å². The van der Waals surface area contributed by atoms with Crippen LogP contribution in [-0.2, 0) is 14.4 Å². The lowest BCUT2D eigenvalue weighted by Crippen LogP contribution is -2.47. The van der Waals surface area contributed by atoms with Gasteiger partial charge in [-0.15, -0.1) is 0 Å². The fraction of sp³-hybridized carbons (Fsp3) is 0.500. The van der Waals surface area contributed by atoms with Gasteiger partial charge in [0.15, 0.2) is 0 Å². The molecule has 1 saturated heterocycles. The SMILES string of the molecule is CCN(CC(=O)Nc1ccc(OC)cc1)C(=O)CN1C(=O)NC2(CCCC2)C1=O. The minimum Gasteiger partial charge on any atom is -0.497 e. The molecule has 2 fully saturated rings. The lowest BCUT2D eigenvalue weighted by molar-refractivity contribution is -0.140. The van der Waals surface area contributed by atoms with E-state index < -0.39 is 17.5 Å². The fourth-order valence-electron chi connectivity index (χ4n) is 3.80. The highest BCUT2D eigenvalue weighted by Crippen LogP contribution is 2.34. The molecular formula is C20H26N4O5. The van der Waals surface area contributed by atoms with Gasteiger partial charge in [0.2, 0.25) is 11.8 Å². The molecule has 9 nitrogen and oxygen atoms in total. The first-order valence-corrected chi connectivity index (χ1v) is 9.74. The second kappa shape index (κ2) is 8.50. The van der Waals surface area contributed by atoms with E-state index in [4.69, 9.17) is 4.74 Å². The van der Waals surface area contributed by atoms with Gasteiger partial charge in [-0.25, -0.2) is 4.79 Å². The van der Waals surface area contributed by atoms with E-state index in [-0.39, 0.29) is 31.4 Å². The summed E-state index contributed by atoms with van der Waals surface area (Å²) in [6.07, 6.45) is 2.95. The van der Waals surface area contributed by atoms with Gasteiger partial charge in [-0.2, -0.15) is 0 Å². The number of imide groups is 1. The molecule has 1 spiro atoms. The van der Waals surface area contributed by atoms with Crippen LogP contribution >= 0.6 is 0 Å². The topological polar surface area (TPSA) is 108 Å². The first kappa shape index (κ1) is 20.6. The molecule has 156 valence electrons. The van der Waals surface area contributed by atoms with E-state index in [0.29, 0.717) is 24.3 Å². The second-order valence-corrected chi connectivity index (χ2v) is 7.30. The standard InChI is InChI=1S/C20H26N4O5/c1-3-23(12-16(25)21-14-6-8-15(29-2)9-7-14)17(26)13-24-18(27)20(22-19(24)28)10-4-5-11-20/h6-9H,3-5,10-13H2,1-2H3,(H,21,25)(H,22,28). The molecule has 1 aliphatic heterocycles. The number of amides is 5. The summed E-state index contributed by atoms with van der Waals surface area (Å²) >= 11 is 0. The molecule has 1 saturated carbocycles. The molecule has 9 heteroatoms. The molecule has 0 unspecified atom stereocenters. The largest absolute Gasteiger partial charge is 0.497 e. The van der Waals surface area contributed by atoms with Crippen molar-refractivity contribution in [1.82, 2.24) is 15.1 Å². The number of hydrogen-bond donors (Lipinski definition) is 2. The van der Waals surface area contributed by atoms with Crippen LogP contribution in [0.3, 0.4) is 0 Å². The van der Waals surface area contributed by atoms with E-state index >= 15 is 0 Å². The number of hydrogen-bond acceptors (Lipinski definition) is 5. The maximum atomic E-state index is 12.7. The number of urea groups is 1. The zero-order chi connectivity index (χ0) is 21.0. The zero-order valence-electron chi connectivity index (χ0n) is 16.7. The summed E-state index contributed by atoms with van der Waals surface area (Å²) in [5, 5.41) is 5.47. The van der Waals surface area contributed by atoms with Crippen LogP contribution in [0.1, 0.15) is 32.6 Å². The predicted octanol–water partition coefficient (Wildman–Crippen LogP) is 1.35. The van der Waals surface area contributed by atoms with Gasteiger partial charge in [-0.05, 0) is 44.0 Å². The van der Waals surface area contributed by atoms with E-state index in [1.165, 1.54) is 4.90 Å². The van der Waals surface area contributed by atoms with Crippen LogP contribution in [0.25, 0.3) is 0 Å². The van der Waals surface area contributed by atoms with Gasteiger partial charge in [0.25, 0.3) is 5.91 Å². The molecule has 3 rings (SSSR count). The number of ether oxygens (including phenoxy) is 1. The maximum Gasteiger partial charge on any atom is 0.325 e. The van der Waals surface area contributed by atoms with Gasteiger partial charge in [0.1, 0.15) is 17.8 Å². The van der Waals surface area contributed by atoms with Crippen LogP contribution in [0.5, 0.6) is 5.75 Å². The Morgan fingerprint density at radius 1 is 1.21 bits per heavy atom. The Morgan fingerprint density at radius 3 is 2.45 bits per heavy atom. The third-order valence-electron chi connectivity index (χ3n) is 5.44. The molecule has 1 heterocycles.